The van der Waals surface area contributed by atoms with Gasteiger partial charge in [-0.2, -0.15) is 4.98 Å². The quantitative estimate of drug-likeness (QED) is 0.0970. The second-order valence-corrected chi connectivity index (χ2v) is 17.4. The number of likely N-dealkylation sites (N-methyl/N-ethyl adjacent to an activating group) is 1. The van der Waals surface area contributed by atoms with Crippen molar-refractivity contribution in [3.63, 3.8) is 0 Å². The zero-order valence-electron chi connectivity index (χ0n) is 36.9. The Bertz CT molecular complexity index is 2280. The first-order valence-corrected chi connectivity index (χ1v) is 22.7. The number of piperidine rings is 1. The number of carbonyl (C=O) groups excluding carboxylic acids is 6. The number of unbranched alkanes of at least 4 members (excludes halogenated alkanes) is 1. The van der Waals surface area contributed by atoms with Crippen molar-refractivity contribution < 1.29 is 33.5 Å². The molecule has 0 spiro atoms. The number of likely N-dealkylation sites (tertiary alicyclic amines) is 1. The average Bonchev–Trinajstić information content (AvgIpc) is 4.06. The lowest BCUT2D eigenvalue weighted by Crippen LogP contribution is -2.55. The normalized spacial score (nSPS) is 21.2. The monoisotopic (exact) mass is 877 g/mol. The van der Waals surface area contributed by atoms with E-state index >= 15 is 0 Å². The SMILES string of the molecule is CC[C@@H]1C(=O)N(C)c2cnc(Nc3ccc(C(=O)NC4CCN(CCNCCCCC(=O)Nc5cccc6c5CN(C5CCC(=O)NC5=O)C6=O)C4)cc3OC)nc2N1C1CCCC1. The summed E-state index contributed by atoms with van der Waals surface area (Å²) in [5.41, 5.74) is 3.51. The summed E-state index contributed by atoms with van der Waals surface area (Å²) in [4.78, 5) is 93.9. The van der Waals surface area contributed by atoms with Gasteiger partial charge in [0.05, 0.1) is 19.0 Å². The number of amides is 6. The van der Waals surface area contributed by atoms with Gasteiger partial charge in [-0.15, -0.1) is 0 Å². The van der Waals surface area contributed by atoms with Crippen molar-refractivity contribution in [2.24, 2.45) is 0 Å². The fourth-order valence-electron chi connectivity index (χ4n) is 9.73. The van der Waals surface area contributed by atoms with Crippen LogP contribution < -0.4 is 41.1 Å². The van der Waals surface area contributed by atoms with Crippen molar-refractivity contribution in [2.75, 3.05) is 67.3 Å². The van der Waals surface area contributed by atoms with Crippen molar-refractivity contribution in [1.82, 2.24) is 35.7 Å². The second kappa shape index (κ2) is 19.7. The van der Waals surface area contributed by atoms with Gasteiger partial charge in [-0.05, 0) is 81.8 Å². The number of nitrogens with zero attached hydrogens (tertiary/aromatic N) is 6. The molecule has 6 amide bonds. The van der Waals surface area contributed by atoms with E-state index in [-0.39, 0.29) is 67.0 Å². The number of methoxy groups -OCH3 is 1. The number of hydrogen-bond acceptors (Lipinski definition) is 13. The zero-order chi connectivity index (χ0) is 44.9. The average molecular weight is 878 g/mol. The molecule has 3 fully saturated rings. The van der Waals surface area contributed by atoms with Gasteiger partial charge in [-0.25, -0.2) is 4.98 Å². The standard InChI is InChI=1S/C46H59N11O7/c1-4-35-45(63)54(2)37-25-48-46(53-41(37)57(35)30-10-5-6-11-30)51-34-16-15-28(24-38(34)64-3)42(60)49-29-19-22-55(26-29)23-21-47-20-8-7-14-39(58)50-33-13-9-12-31-32(33)27-56(44(31)62)36-17-18-40(59)52-43(36)61/h9,12-13,15-16,24-25,29-30,35-36,47H,4-8,10-11,14,17-23,26-27H2,1-3H3,(H,49,60)(H,50,58)(H,48,51,53)(H,52,59,61)/t29?,35-,36?/m1/s1. The predicted molar refractivity (Wildman–Crippen MR) is 241 cm³/mol. The van der Waals surface area contributed by atoms with E-state index in [1.165, 1.54) is 4.90 Å². The van der Waals surface area contributed by atoms with Crippen LogP contribution >= 0.6 is 0 Å². The number of fused-ring (bicyclic) bond motifs is 2. The molecule has 5 heterocycles. The first-order chi connectivity index (χ1) is 31.0. The first-order valence-electron chi connectivity index (χ1n) is 22.7. The topological polar surface area (TPSA) is 211 Å². The molecule has 18 nitrogen and oxygen atoms in total. The molecule has 0 radical (unpaired) electrons. The Labute approximate surface area is 373 Å². The van der Waals surface area contributed by atoms with Gasteiger partial charge in [0.25, 0.3) is 11.8 Å². The number of imide groups is 1. The lowest BCUT2D eigenvalue weighted by molar-refractivity contribution is -0.137. The van der Waals surface area contributed by atoms with Crippen LogP contribution in [0, 0.1) is 0 Å². The van der Waals surface area contributed by atoms with E-state index in [1.807, 2.05) is 6.92 Å². The highest BCUT2D eigenvalue weighted by Crippen LogP contribution is 2.40. The molecule has 5 aliphatic rings. The zero-order valence-corrected chi connectivity index (χ0v) is 36.9. The highest BCUT2D eigenvalue weighted by Gasteiger charge is 2.42. The van der Waals surface area contributed by atoms with E-state index in [9.17, 15) is 28.8 Å². The summed E-state index contributed by atoms with van der Waals surface area (Å²) in [6.45, 7) is 6.25. The third kappa shape index (κ3) is 9.52. The number of benzene rings is 2. The summed E-state index contributed by atoms with van der Waals surface area (Å²) in [6.07, 6.45) is 9.87. The largest absolute Gasteiger partial charge is 0.495 e. The van der Waals surface area contributed by atoms with Gasteiger partial charge in [-0.1, -0.05) is 25.8 Å². The molecule has 8 rings (SSSR count). The van der Waals surface area contributed by atoms with Crippen LogP contribution in [0.4, 0.5) is 28.8 Å². The molecule has 3 atom stereocenters. The second-order valence-electron chi connectivity index (χ2n) is 17.4. The third-order valence-corrected chi connectivity index (χ3v) is 13.2. The minimum absolute atomic E-state index is 0.0166. The number of ether oxygens (including phenoxy) is 1. The number of aromatic nitrogens is 2. The maximum absolute atomic E-state index is 13.4. The Balaban J connectivity index is 0.748. The molecule has 3 aromatic rings. The van der Waals surface area contributed by atoms with Crippen molar-refractivity contribution in [3.05, 3.63) is 59.3 Å². The maximum atomic E-state index is 13.4. The molecule has 340 valence electrons. The summed E-state index contributed by atoms with van der Waals surface area (Å²) in [7, 11) is 3.34. The number of anilines is 5. The lowest BCUT2D eigenvalue weighted by Gasteiger charge is -2.43. The maximum Gasteiger partial charge on any atom is 0.255 e. The Morgan fingerprint density at radius 1 is 0.984 bits per heavy atom. The van der Waals surface area contributed by atoms with Crippen molar-refractivity contribution in [1.29, 1.82) is 0 Å². The van der Waals surface area contributed by atoms with Gasteiger partial charge in [-0.3, -0.25) is 39.0 Å². The Morgan fingerprint density at radius 2 is 1.81 bits per heavy atom. The minimum Gasteiger partial charge on any atom is -0.495 e. The minimum atomic E-state index is -0.712. The summed E-state index contributed by atoms with van der Waals surface area (Å²) < 4.78 is 5.71. The van der Waals surface area contributed by atoms with Crippen LogP contribution in [0.2, 0.25) is 0 Å². The van der Waals surface area contributed by atoms with E-state index in [0.717, 1.165) is 77.1 Å². The fourth-order valence-corrected chi connectivity index (χ4v) is 9.73. The Kier molecular flexibility index (Phi) is 13.7. The number of rotatable bonds is 17. The predicted octanol–water partition coefficient (Wildman–Crippen LogP) is 3.70. The number of nitrogens with one attached hydrogen (secondary N) is 5. The van der Waals surface area contributed by atoms with Gasteiger partial charge in [0.2, 0.25) is 29.6 Å². The van der Waals surface area contributed by atoms with Crippen LogP contribution in [0.3, 0.4) is 0 Å². The molecule has 2 saturated heterocycles. The van der Waals surface area contributed by atoms with Crippen LogP contribution in [-0.2, 0) is 25.7 Å². The summed E-state index contributed by atoms with van der Waals surface area (Å²) in [6, 6.07) is 9.76. The third-order valence-electron chi connectivity index (χ3n) is 13.2. The van der Waals surface area contributed by atoms with Gasteiger partial charge in [0, 0.05) is 87.1 Å². The van der Waals surface area contributed by atoms with Gasteiger partial charge in [0.15, 0.2) is 5.82 Å². The highest BCUT2D eigenvalue weighted by atomic mass is 16.5. The van der Waals surface area contributed by atoms with Crippen LogP contribution in [-0.4, -0.2) is 126 Å². The van der Waals surface area contributed by atoms with E-state index in [0.29, 0.717) is 64.7 Å². The first kappa shape index (κ1) is 44.5. The van der Waals surface area contributed by atoms with Crippen molar-refractivity contribution in [3.8, 4) is 5.75 Å². The molecule has 1 saturated carbocycles. The van der Waals surface area contributed by atoms with Gasteiger partial charge >= 0.3 is 0 Å². The van der Waals surface area contributed by atoms with Crippen LogP contribution in [0.1, 0.15) is 104 Å². The molecule has 64 heavy (non-hydrogen) atoms. The van der Waals surface area contributed by atoms with Gasteiger partial charge in [0.1, 0.15) is 23.5 Å². The molecule has 1 aliphatic carbocycles. The van der Waals surface area contributed by atoms with Crippen LogP contribution in [0.25, 0.3) is 0 Å². The molecular formula is C46H59N11O7. The van der Waals surface area contributed by atoms with Crippen LogP contribution in [0.5, 0.6) is 5.75 Å². The summed E-state index contributed by atoms with van der Waals surface area (Å²) in [5, 5.41) is 15.2. The van der Waals surface area contributed by atoms with Gasteiger partial charge < -0.3 is 40.7 Å². The summed E-state index contributed by atoms with van der Waals surface area (Å²) >= 11 is 0. The fraction of sp³-hybridized carbons (Fsp3) is 0.522. The lowest BCUT2D eigenvalue weighted by atomic mass is 10.0. The molecule has 4 aliphatic heterocycles. The van der Waals surface area contributed by atoms with Crippen LogP contribution in [0.15, 0.2) is 42.6 Å². The molecule has 1 aromatic heterocycles. The van der Waals surface area contributed by atoms with Crippen molar-refractivity contribution >= 4 is 64.3 Å². The Morgan fingerprint density at radius 3 is 2.59 bits per heavy atom. The molecule has 5 N–H and O–H groups in total. The molecular weight excluding hydrogens is 819 g/mol. The van der Waals surface area contributed by atoms with E-state index < -0.39 is 11.9 Å². The van der Waals surface area contributed by atoms with Crippen molar-refractivity contribution in [2.45, 2.75) is 108 Å². The molecule has 0 bridgehead atoms. The van der Waals surface area contributed by atoms with E-state index in [1.54, 1.807) is 61.7 Å². The smallest absolute Gasteiger partial charge is 0.255 e. The number of hydrogen-bond donors (Lipinski definition) is 5. The molecule has 18 heteroatoms. The van der Waals surface area contributed by atoms with E-state index in [2.05, 4.69) is 41.4 Å². The number of carbonyl (C=O) groups is 6. The van der Waals surface area contributed by atoms with E-state index in [4.69, 9.17) is 9.72 Å². The molecule has 2 unspecified atom stereocenters. The molecule has 2 aromatic carbocycles. The highest BCUT2D eigenvalue weighted by molar-refractivity contribution is 6.07. The Hall–Kier alpha value is -6.14. The summed E-state index contributed by atoms with van der Waals surface area (Å²) in [5.74, 6) is 0.294.